The van der Waals surface area contributed by atoms with Crippen LogP contribution >= 0.6 is 0 Å². The van der Waals surface area contributed by atoms with Gasteiger partial charge in [0.15, 0.2) is 0 Å². The largest absolute Gasteiger partial charge is 0.340 e. The van der Waals surface area contributed by atoms with E-state index in [1.54, 1.807) is 17.0 Å². The number of hydrogen-bond acceptors (Lipinski definition) is 3. The van der Waals surface area contributed by atoms with Gasteiger partial charge in [-0.25, -0.2) is 8.42 Å². The monoisotopic (exact) mass is 362 g/mol. The molecule has 0 bridgehead atoms. The summed E-state index contributed by atoms with van der Waals surface area (Å²) in [5.41, 5.74) is 2.05. The van der Waals surface area contributed by atoms with Crippen LogP contribution in [0.25, 0.3) is 0 Å². The maximum Gasteiger partial charge on any atom is 0.243 e. The predicted molar refractivity (Wildman–Crippen MR) is 97.7 cm³/mol. The van der Waals surface area contributed by atoms with Gasteiger partial charge in [0.2, 0.25) is 15.9 Å². The molecule has 1 atom stereocenters. The molecule has 2 aliphatic rings. The maximum atomic E-state index is 12.8. The molecule has 0 radical (unpaired) electrons. The zero-order valence-electron chi connectivity index (χ0n) is 14.9. The van der Waals surface area contributed by atoms with E-state index in [4.69, 9.17) is 0 Å². The van der Waals surface area contributed by atoms with E-state index in [0.717, 1.165) is 24.0 Å². The number of aryl methyl sites for hydroxylation is 2. The number of rotatable bonds is 4. The molecule has 6 heteroatoms. The van der Waals surface area contributed by atoms with E-state index in [9.17, 15) is 13.2 Å². The molecular weight excluding hydrogens is 336 g/mol. The lowest BCUT2D eigenvalue weighted by Crippen LogP contribution is -2.50. The van der Waals surface area contributed by atoms with Crippen molar-refractivity contribution >= 4 is 15.9 Å². The summed E-state index contributed by atoms with van der Waals surface area (Å²) in [6.07, 6.45) is 6.90. The fourth-order valence-corrected chi connectivity index (χ4v) is 4.93. The number of carbonyl (C=O) groups excluding carboxylic acids is 1. The SMILES string of the molecule is Cc1ccc(S(=O)(=O)N2CCN(C(=O)C[C@@H]3C=CCC3)CC2)cc1C. The average Bonchev–Trinajstić information content (AvgIpc) is 3.10. The quantitative estimate of drug-likeness (QED) is 0.773. The lowest BCUT2D eigenvalue weighted by Gasteiger charge is -2.34. The number of allylic oxidation sites excluding steroid dienone is 2. The summed E-state index contributed by atoms with van der Waals surface area (Å²) in [6.45, 7) is 5.56. The van der Waals surface area contributed by atoms with Crippen molar-refractivity contribution in [2.24, 2.45) is 5.92 Å². The van der Waals surface area contributed by atoms with E-state index < -0.39 is 10.0 Å². The van der Waals surface area contributed by atoms with Crippen LogP contribution in [-0.4, -0.2) is 49.7 Å². The normalized spacial score (nSPS) is 21.7. The summed E-state index contributed by atoms with van der Waals surface area (Å²) in [5, 5.41) is 0. The summed E-state index contributed by atoms with van der Waals surface area (Å²) in [4.78, 5) is 14.5. The van der Waals surface area contributed by atoms with Gasteiger partial charge in [-0.05, 0) is 55.9 Å². The smallest absolute Gasteiger partial charge is 0.243 e. The highest BCUT2D eigenvalue weighted by molar-refractivity contribution is 7.89. The van der Waals surface area contributed by atoms with Gasteiger partial charge in [-0.2, -0.15) is 4.31 Å². The first kappa shape index (κ1) is 18.1. The van der Waals surface area contributed by atoms with E-state index in [-0.39, 0.29) is 5.91 Å². The third kappa shape index (κ3) is 3.96. The highest BCUT2D eigenvalue weighted by Crippen LogP contribution is 2.23. The van der Waals surface area contributed by atoms with Crippen molar-refractivity contribution in [2.75, 3.05) is 26.2 Å². The van der Waals surface area contributed by atoms with Crippen molar-refractivity contribution in [3.05, 3.63) is 41.5 Å². The minimum absolute atomic E-state index is 0.139. The van der Waals surface area contributed by atoms with Gasteiger partial charge in [-0.3, -0.25) is 4.79 Å². The number of carbonyl (C=O) groups is 1. The highest BCUT2D eigenvalue weighted by Gasteiger charge is 2.30. The summed E-state index contributed by atoms with van der Waals surface area (Å²) < 4.78 is 27.1. The van der Waals surface area contributed by atoms with Crippen LogP contribution in [0.5, 0.6) is 0 Å². The molecule has 1 aromatic rings. The zero-order valence-corrected chi connectivity index (χ0v) is 15.8. The fraction of sp³-hybridized carbons (Fsp3) is 0.526. The number of benzene rings is 1. The Balaban J connectivity index is 1.61. The average molecular weight is 362 g/mol. The lowest BCUT2D eigenvalue weighted by molar-refractivity contribution is -0.133. The molecule has 1 aliphatic carbocycles. The van der Waals surface area contributed by atoms with Gasteiger partial charge < -0.3 is 4.90 Å². The third-order valence-corrected chi connectivity index (χ3v) is 7.15. The summed E-state index contributed by atoms with van der Waals surface area (Å²) >= 11 is 0. The predicted octanol–water partition coefficient (Wildman–Crippen LogP) is 2.49. The Labute approximate surface area is 150 Å². The Hall–Kier alpha value is -1.66. The van der Waals surface area contributed by atoms with Crippen LogP contribution in [0, 0.1) is 19.8 Å². The molecule has 0 aromatic heterocycles. The van der Waals surface area contributed by atoms with E-state index >= 15 is 0 Å². The first-order chi connectivity index (χ1) is 11.9. The van der Waals surface area contributed by atoms with E-state index in [2.05, 4.69) is 12.2 Å². The maximum absolute atomic E-state index is 12.8. The van der Waals surface area contributed by atoms with Gasteiger partial charge in [0.25, 0.3) is 0 Å². The van der Waals surface area contributed by atoms with Crippen molar-refractivity contribution in [1.82, 2.24) is 9.21 Å². The van der Waals surface area contributed by atoms with Gasteiger partial charge in [0.1, 0.15) is 0 Å². The van der Waals surface area contributed by atoms with Gasteiger partial charge in [-0.1, -0.05) is 18.2 Å². The van der Waals surface area contributed by atoms with Crippen molar-refractivity contribution in [3.63, 3.8) is 0 Å². The molecule has 0 unspecified atom stereocenters. The molecule has 5 nitrogen and oxygen atoms in total. The molecule has 0 spiro atoms. The highest BCUT2D eigenvalue weighted by atomic mass is 32.2. The summed E-state index contributed by atoms with van der Waals surface area (Å²) in [5.74, 6) is 0.490. The molecule has 25 heavy (non-hydrogen) atoms. The Kier molecular flexibility index (Phi) is 5.29. The number of hydrogen-bond donors (Lipinski definition) is 0. The Morgan fingerprint density at radius 3 is 2.44 bits per heavy atom. The minimum Gasteiger partial charge on any atom is -0.340 e. The second kappa shape index (κ2) is 7.30. The molecule has 1 heterocycles. The van der Waals surface area contributed by atoms with Crippen LogP contribution in [0.2, 0.25) is 0 Å². The van der Waals surface area contributed by atoms with Crippen LogP contribution in [0.4, 0.5) is 0 Å². The van der Waals surface area contributed by atoms with Crippen molar-refractivity contribution in [2.45, 2.75) is 38.0 Å². The number of piperazine rings is 1. The van der Waals surface area contributed by atoms with Crippen LogP contribution in [-0.2, 0) is 14.8 Å². The van der Waals surface area contributed by atoms with Gasteiger partial charge in [-0.15, -0.1) is 0 Å². The molecular formula is C19H26N2O3S. The molecule has 0 N–H and O–H groups in total. The molecule has 1 fully saturated rings. The molecule has 1 saturated heterocycles. The van der Waals surface area contributed by atoms with E-state index in [1.807, 2.05) is 19.9 Å². The van der Waals surface area contributed by atoms with Crippen molar-refractivity contribution < 1.29 is 13.2 Å². The van der Waals surface area contributed by atoms with Crippen molar-refractivity contribution in [3.8, 4) is 0 Å². The molecule has 1 amide bonds. The Morgan fingerprint density at radius 1 is 1.12 bits per heavy atom. The first-order valence-electron chi connectivity index (χ1n) is 8.90. The summed E-state index contributed by atoms with van der Waals surface area (Å²) in [7, 11) is -3.49. The number of nitrogens with zero attached hydrogens (tertiary/aromatic N) is 2. The van der Waals surface area contributed by atoms with Crippen LogP contribution < -0.4 is 0 Å². The van der Waals surface area contributed by atoms with Crippen LogP contribution in [0.15, 0.2) is 35.2 Å². The zero-order chi connectivity index (χ0) is 18.0. The molecule has 136 valence electrons. The van der Waals surface area contributed by atoms with E-state index in [1.165, 1.54) is 4.31 Å². The van der Waals surface area contributed by atoms with Gasteiger partial charge >= 0.3 is 0 Å². The molecule has 0 saturated carbocycles. The molecule has 3 rings (SSSR count). The second-order valence-corrected chi connectivity index (χ2v) is 8.94. The standard InChI is InChI=1S/C19H26N2O3S/c1-15-7-8-18(13-16(15)2)25(23,24)21-11-9-20(10-12-21)19(22)14-17-5-3-4-6-17/h3,5,7-8,13,17H,4,6,9-12,14H2,1-2H3/t17-/m1/s1. The molecule has 1 aliphatic heterocycles. The Bertz CT molecular complexity index is 778. The second-order valence-electron chi connectivity index (χ2n) is 7.00. The Morgan fingerprint density at radius 2 is 1.84 bits per heavy atom. The number of sulfonamides is 1. The fourth-order valence-electron chi connectivity index (χ4n) is 3.42. The number of amides is 1. The topological polar surface area (TPSA) is 57.7 Å². The third-order valence-electron chi connectivity index (χ3n) is 5.26. The lowest BCUT2D eigenvalue weighted by atomic mass is 10.0. The van der Waals surface area contributed by atoms with E-state index in [0.29, 0.717) is 43.4 Å². The van der Waals surface area contributed by atoms with Gasteiger partial charge in [0, 0.05) is 32.6 Å². The minimum atomic E-state index is -3.49. The van der Waals surface area contributed by atoms with Crippen LogP contribution in [0.3, 0.4) is 0 Å². The van der Waals surface area contributed by atoms with Gasteiger partial charge in [0.05, 0.1) is 4.90 Å². The first-order valence-corrected chi connectivity index (χ1v) is 10.3. The van der Waals surface area contributed by atoms with Crippen LogP contribution in [0.1, 0.15) is 30.4 Å². The molecule has 1 aromatic carbocycles. The summed E-state index contributed by atoms with van der Waals surface area (Å²) in [6, 6.07) is 5.24. The van der Waals surface area contributed by atoms with Crippen molar-refractivity contribution in [1.29, 1.82) is 0 Å².